The lowest BCUT2D eigenvalue weighted by molar-refractivity contribution is 0.0981. The fourth-order valence-electron chi connectivity index (χ4n) is 3.43. The van der Waals surface area contributed by atoms with E-state index in [-0.39, 0.29) is 11.9 Å². The Bertz CT molecular complexity index is 826. The molecule has 0 radical (unpaired) electrons. The van der Waals surface area contributed by atoms with Gasteiger partial charge in [-0.15, -0.1) is 0 Å². The minimum absolute atomic E-state index is 0.0239. The van der Waals surface area contributed by atoms with Crippen LogP contribution in [0, 0.1) is 0 Å². The molecule has 0 saturated heterocycles. The van der Waals surface area contributed by atoms with Crippen LogP contribution in [0.3, 0.4) is 0 Å². The van der Waals surface area contributed by atoms with Crippen LogP contribution in [0.4, 0.5) is 5.69 Å². The van der Waals surface area contributed by atoms with Crippen molar-refractivity contribution in [3.8, 4) is 11.5 Å². The number of hydrogen-bond acceptors (Lipinski definition) is 3. The molecule has 0 spiro atoms. The summed E-state index contributed by atoms with van der Waals surface area (Å²) in [6.45, 7) is 4.00. The lowest BCUT2D eigenvalue weighted by Crippen LogP contribution is -2.35. The first-order valence-corrected chi connectivity index (χ1v) is 8.40. The number of benzene rings is 2. The van der Waals surface area contributed by atoms with Gasteiger partial charge in [0.1, 0.15) is 0 Å². The highest BCUT2D eigenvalue weighted by molar-refractivity contribution is 6.08. The Kier molecular flexibility index (Phi) is 4.79. The monoisotopic (exact) mass is 337 g/mol. The smallest absolute Gasteiger partial charge is 0.258 e. The van der Waals surface area contributed by atoms with Crippen LogP contribution >= 0.6 is 0 Å². The van der Waals surface area contributed by atoms with Crippen LogP contribution in [0.1, 0.15) is 35.3 Å². The van der Waals surface area contributed by atoms with Gasteiger partial charge in [0.15, 0.2) is 11.5 Å². The van der Waals surface area contributed by atoms with E-state index in [2.05, 4.69) is 13.0 Å². The number of para-hydroxylation sites is 1. The predicted molar refractivity (Wildman–Crippen MR) is 101 cm³/mol. The van der Waals surface area contributed by atoms with Crippen molar-refractivity contribution in [1.29, 1.82) is 0 Å². The van der Waals surface area contributed by atoms with Crippen LogP contribution in [0.15, 0.2) is 42.5 Å². The first-order valence-electron chi connectivity index (χ1n) is 8.40. The number of rotatable bonds is 4. The van der Waals surface area contributed by atoms with Gasteiger partial charge in [-0.2, -0.15) is 0 Å². The minimum Gasteiger partial charge on any atom is -0.493 e. The number of methoxy groups -OCH3 is 2. The number of amides is 1. The van der Waals surface area contributed by atoms with E-state index in [0.29, 0.717) is 17.1 Å². The first-order chi connectivity index (χ1) is 12.1. The number of nitrogens with zero attached hydrogens (tertiary/aromatic N) is 1. The third-order valence-electron chi connectivity index (χ3n) is 4.53. The number of fused-ring (bicyclic) bond motifs is 1. The van der Waals surface area contributed by atoms with Gasteiger partial charge in [0.2, 0.25) is 0 Å². The molecule has 1 amide bonds. The molecule has 0 saturated carbocycles. The topological polar surface area (TPSA) is 38.8 Å². The maximum Gasteiger partial charge on any atom is 0.258 e. The van der Waals surface area contributed by atoms with Gasteiger partial charge in [-0.05, 0) is 44.0 Å². The SMILES string of the molecule is CC=Cc1cc(C(=O)N2c3ccccc3CC2C)cc(OC)c1OC. The molecule has 0 aliphatic carbocycles. The molecule has 0 aromatic heterocycles. The summed E-state index contributed by atoms with van der Waals surface area (Å²) in [4.78, 5) is 15.1. The Morgan fingerprint density at radius 2 is 1.96 bits per heavy atom. The van der Waals surface area contributed by atoms with Crippen molar-refractivity contribution >= 4 is 17.7 Å². The molecule has 4 nitrogen and oxygen atoms in total. The van der Waals surface area contributed by atoms with Crippen molar-refractivity contribution in [2.45, 2.75) is 26.3 Å². The van der Waals surface area contributed by atoms with Crippen molar-refractivity contribution in [3.63, 3.8) is 0 Å². The van der Waals surface area contributed by atoms with E-state index in [1.807, 2.05) is 48.2 Å². The third kappa shape index (κ3) is 3.00. The Morgan fingerprint density at radius 3 is 2.64 bits per heavy atom. The van der Waals surface area contributed by atoms with Crippen LogP contribution in [0.2, 0.25) is 0 Å². The van der Waals surface area contributed by atoms with Gasteiger partial charge >= 0.3 is 0 Å². The van der Waals surface area contributed by atoms with Gasteiger partial charge in [0, 0.05) is 22.9 Å². The molecule has 3 rings (SSSR count). The molecule has 25 heavy (non-hydrogen) atoms. The molecule has 2 aromatic rings. The number of carbonyl (C=O) groups is 1. The number of anilines is 1. The van der Waals surface area contributed by atoms with E-state index >= 15 is 0 Å². The Balaban J connectivity index is 2.07. The molecular formula is C21H23NO3. The molecule has 1 aliphatic heterocycles. The van der Waals surface area contributed by atoms with Crippen molar-refractivity contribution in [3.05, 3.63) is 59.2 Å². The standard InChI is InChI=1S/C21H23NO3/c1-5-8-16-12-17(13-19(24-3)20(16)25-4)21(23)22-14(2)11-15-9-6-7-10-18(15)22/h5-10,12-14H,11H2,1-4H3. The number of ether oxygens (including phenoxy) is 2. The summed E-state index contributed by atoms with van der Waals surface area (Å²) < 4.78 is 10.9. The van der Waals surface area contributed by atoms with Crippen LogP contribution in [-0.2, 0) is 6.42 Å². The molecular weight excluding hydrogens is 314 g/mol. The van der Waals surface area contributed by atoms with Crippen LogP contribution in [0.25, 0.3) is 6.08 Å². The molecule has 2 aromatic carbocycles. The fraction of sp³-hybridized carbons (Fsp3) is 0.286. The van der Waals surface area contributed by atoms with E-state index in [1.165, 1.54) is 5.56 Å². The zero-order valence-corrected chi connectivity index (χ0v) is 15.1. The second kappa shape index (κ2) is 7.01. The number of hydrogen-bond donors (Lipinski definition) is 0. The average Bonchev–Trinajstić information content (AvgIpc) is 2.96. The van der Waals surface area contributed by atoms with Gasteiger partial charge in [-0.25, -0.2) is 0 Å². The quantitative estimate of drug-likeness (QED) is 0.833. The summed E-state index contributed by atoms with van der Waals surface area (Å²) in [5, 5.41) is 0. The molecule has 1 aliphatic rings. The summed E-state index contributed by atoms with van der Waals surface area (Å²) >= 11 is 0. The molecule has 1 atom stereocenters. The lowest BCUT2D eigenvalue weighted by atomic mass is 10.1. The van der Waals surface area contributed by atoms with E-state index in [0.717, 1.165) is 17.7 Å². The summed E-state index contributed by atoms with van der Waals surface area (Å²) in [6.07, 6.45) is 4.70. The van der Waals surface area contributed by atoms with E-state index in [4.69, 9.17) is 9.47 Å². The minimum atomic E-state index is -0.0239. The highest BCUT2D eigenvalue weighted by Crippen LogP contribution is 2.37. The Hall–Kier alpha value is -2.75. The molecule has 130 valence electrons. The summed E-state index contributed by atoms with van der Waals surface area (Å²) in [7, 11) is 3.18. The van der Waals surface area contributed by atoms with Crippen molar-refractivity contribution in [2.24, 2.45) is 0 Å². The Morgan fingerprint density at radius 1 is 1.20 bits per heavy atom. The van der Waals surface area contributed by atoms with Crippen molar-refractivity contribution in [1.82, 2.24) is 0 Å². The van der Waals surface area contributed by atoms with Crippen molar-refractivity contribution in [2.75, 3.05) is 19.1 Å². The maximum atomic E-state index is 13.2. The van der Waals surface area contributed by atoms with Crippen LogP contribution in [-0.4, -0.2) is 26.2 Å². The highest BCUT2D eigenvalue weighted by Gasteiger charge is 2.31. The zero-order chi connectivity index (χ0) is 18.0. The average molecular weight is 337 g/mol. The summed E-state index contributed by atoms with van der Waals surface area (Å²) in [6, 6.07) is 11.8. The van der Waals surface area contributed by atoms with E-state index in [9.17, 15) is 4.79 Å². The van der Waals surface area contributed by atoms with E-state index < -0.39 is 0 Å². The zero-order valence-electron chi connectivity index (χ0n) is 15.1. The predicted octanol–water partition coefficient (Wildman–Crippen LogP) is 4.33. The second-order valence-corrected chi connectivity index (χ2v) is 6.16. The van der Waals surface area contributed by atoms with Gasteiger partial charge in [0.05, 0.1) is 14.2 Å². The molecule has 1 heterocycles. The van der Waals surface area contributed by atoms with Crippen LogP contribution in [0.5, 0.6) is 11.5 Å². The largest absolute Gasteiger partial charge is 0.493 e. The van der Waals surface area contributed by atoms with E-state index in [1.54, 1.807) is 20.3 Å². The number of allylic oxidation sites excluding steroid dienone is 1. The first kappa shape index (κ1) is 17.1. The van der Waals surface area contributed by atoms with Gasteiger partial charge < -0.3 is 14.4 Å². The van der Waals surface area contributed by atoms with Crippen LogP contribution < -0.4 is 14.4 Å². The van der Waals surface area contributed by atoms with Gasteiger partial charge in [-0.3, -0.25) is 4.79 Å². The molecule has 4 heteroatoms. The summed E-state index contributed by atoms with van der Waals surface area (Å²) in [5.41, 5.74) is 3.61. The maximum absolute atomic E-state index is 13.2. The second-order valence-electron chi connectivity index (χ2n) is 6.16. The molecule has 0 fully saturated rings. The fourth-order valence-corrected chi connectivity index (χ4v) is 3.43. The van der Waals surface area contributed by atoms with Gasteiger partial charge in [-0.1, -0.05) is 30.4 Å². The molecule has 0 bridgehead atoms. The molecule has 1 unspecified atom stereocenters. The highest BCUT2D eigenvalue weighted by atomic mass is 16.5. The Labute approximate surface area is 148 Å². The number of carbonyl (C=O) groups excluding carboxylic acids is 1. The van der Waals surface area contributed by atoms with Gasteiger partial charge in [0.25, 0.3) is 5.91 Å². The summed E-state index contributed by atoms with van der Waals surface area (Å²) in [5.74, 6) is 1.16. The third-order valence-corrected chi connectivity index (χ3v) is 4.53. The van der Waals surface area contributed by atoms with Crippen molar-refractivity contribution < 1.29 is 14.3 Å². The molecule has 0 N–H and O–H groups in total. The lowest BCUT2D eigenvalue weighted by Gasteiger charge is -2.23. The normalized spacial score (nSPS) is 16.2.